The number of carbonyl (C=O) groups excluding carboxylic acids is 1. The molecule has 1 aromatic rings. The van der Waals surface area contributed by atoms with Crippen molar-refractivity contribution in [2.75, 3.05) is 0 Å². The van der Waals surface area contributed by atoms with Gasteiger partial charge in [-0.2, -0.15) is 0 Å². The Morgan fingerprint density at radius 1 is 1.33 bits per heavy atom. The van der Waals surface area contributed by atoms with Gasteiger partial charge in [0.05, 0.1) is 0 Å². The van der Waals surface area contributed by atoms with Crippen LogP contribution in [0.1, 0.15) is 54.9 Å². The number of ketones is 1. The molecule has 1 aliphatic carbocycles. The highest BCUT2D eigenvalue weighted by atomic mass is 16.1. The van der Waals surface area contributed by atoms with Gasteiger partial charge in [0.1, 0.15) is 0 Å². The van der Waals surface area contributed by atoms with E-state index in [1.165, 1.54) is 12.0 Å². The minimum atomic E-state index is 0.312. The Kier molecular flexibility index (Phi) is 2.90. The van der Waals surface area contributed by atoms with Crippen molar-refractivity contribution in [1.29, 1.82) is 0 Å². The molecular weight excluding hydrogens is 184 g/mol. The van der Waals surface area contributed by atoms with Crippen molar-refractivity contribution in [3.8, 4) is 0 Å². The maximum Gasteiger partial charge on any atom is 0.165 e. The molecule has 1 heteroatoms. The third kappa shape index (κ3) is 2.11. The van der Waals surface area contributed by atoms with Crippen molar-refractivity contribution >= 4 is 5.78 Å². The molecular formula is C14H18O. The van der Waals surface area contributed by atoms with Gasteiger partial charge < -0.3 is 0 Å². The molecule has 0 aliphatic heterocycles. The Morgan fingerprint density at radius 3 is 2.60 bits per heavy atom. The van der Waals surface area contributed by atoms with E-state index in [2.05, 4.69) is 26.0 Å². The highest BCUT2D eigenvalue weighted by Gasteiger charge is 2.26. The molecule has 15 heavy (non-hydrogen) atoms. The van der Waals surface area contributed by atoms with Crippen molar-refractivity contribution in [2.24, 2.45) is 5.92 Å². The Morgan fingerprint density at radius 2 is 2.07 bits per heavy atom. The maximum absolute atomic E-state index is 12.0. The molecule has 0 heterocycles. The summed E-state index contributed by atoms with van der Waals surface area (Å²) in [5.74, 6) is 1.16. The Hall–Kier alpha value is -1.11. The Balaban J connectivity index is 2.20. The lowest BCUT2D eigenvalue weighted by Crippen LogP contribution is -2.22. The third-order valence-electron chi connectivity index (χ3n) is 3.31. The molecule has 0 spiro atoms. The molecule has 2 rings (SSSR count). The standard InChI is InChI=1S/C14H18O/c1-10(2)12-7-4-8-13(9-12)14(15)11-5-3-6-11/h4,7-11H,3,5-6H2,1-2H3. The zero-order chi connectivity index (χ0) is 10.8. The summed E-state index contributed by atoms with van der Waals surface area (Å²) in [6.07, 6.45) is 3.40. The van der Waals surface area contributed by atoms with Gasteiger partial charge in [0.15, 0.2) is 5.78 Å². The zero-order valence-electron chi connectivity index (χ0n) is 9.49. The van der Waals surface area contributed by atoms with Crippen molar-refractivity contribution in [2.45, 2.75) is 39.0 Å². The first-order valence-corrected chi connectivity index (χ1v) is 5.82. The van der Waals surface area contributed by atoms with E-state index in [1.807, 2.05) is 12.1 Å². The minimum absolute atomic E-state index is 0.312. The fourth-order valence-corrected chi connectivity index (χ4v) is 1.96. The summed E-state index contributed by atoms with van der Waals surface area (Å²) >= 11 is 0. The van der Waals surface area contributed by atoms with Crippen LogP contribution in [0.4, 0.5) is 0 Å². The van der Waals surface area contributed by atoms with E-state index < -0.39 is 0 Å². The topological polar surface area (TPSA) is 17.1 Å². The first-order chi connectivity index (χ1) is 7.18. The van der Waals surface area contributed by atoms with E-state index in [-0.39, 0.29) is 0 Å². The van der Waals surface area contributed by atoms with Crippen LogP contribution in [0.2, 0.25) is 0 Å². The van der Waals surface area contributed by atoms with Crippen LogP contribution in [-0.4, -0.2) is 5.78 Å². The number of Topliss-reactive ketones (excluding diaryl/α,β-unsaturated/α-hetero) is 1. The summed E-state index contributed by atoms with van der Waals surface area (Å²) in [4.78, 5) is 12.0. The first kappa shape index (κ1) is 10.4. The van der Waals surface area contributed by atoms with Gasteiger partial charge in [-0.25, -0.2) is 0 Å². The largest absolute Gasteiger partial charge is 0.294 e. The fraction of sp³-hybridized carbons (Fsp3) is 0.500. The van der Waals surface area contributed by atoms with Crippen LogP contribution in [0.5, 0.6) is 0 Å². The lowest BCUT2D eigenvalue weighted by molar-refractivity contribution is 0.0855. The SMILES string of the molecule is CC(C)c1cccc(C(=O)C2CCC2)c1. The second kappa shape index (κ2) is 4.18. The van der Waals surface area contributed by atoms with Crippen LogP contribution >= 0.6 is 0 Å². The summed E-state index contributed by atoms with van der Waals surface area (Å²) in [6.45, 7) is 4.32. The molecule has 0 radical (unpaired) electrons. The molecule has 0 aromatic heterocycles. The second-order valence-corrected chi connectivity index (χ2v) is 4.77. The van der Waals surface area contributed by atoms with Crippen molar-refractivity contribution in [1.82, 2.24) is 0 Å². The molecule has 0 amide bonds. The van der Waals surface area contributed by atoms with Gasteiger partial charge in [-0.3, -0.25) is 4.79 Å². The third-order valence-corrected chi connectivity index (χ3v) is 3.31. The van der Waals surface area contributed by atoms with Crippen LogP contribution in [-0.2, 0) is 0 Å². The number of benzene rings is 1. The molecule has 0 saturated heterocycles. The van der Waals surface area contributed by atoms with E-state index >= 15 is 0 Å². The molecule has 80 valence electrons. The summed E-state index contributed by atoms with van der Waals surface area (Å²) in [7, 11) is 0. The minimum Gasteiger partial charge on any atom is -0.294 e. The van der Waals surface area contributed by atoms with Crippen molar-refractivity contribution in [3.63, 3.8) is 0 Å². The van der Waals surface area contributed by atoms with Crippen molar-refractivity contribution in [3.05, 3.63) is 35.4 Å². The fourth-order valence-electron chi connectivity index (χ4n) is 1.96. The highest BCUT2D eigenvalue weighted by Crippen LogP contribution is 2.30. The van der Waals surface area contributed by atoms with E-state index in [0.717, 1.165) is 18.4 Å². The van der Waals surface area contributed by atoms with Crippen LogP contribution < -0.4 is 0 Å². The van der Waals surface area contributed by atoms with E-state index in [4.69, 9.17) is 0 Å². The predicted molar refractivity (Wildman–Crippen MR) is 62.2 cm³/mol. The van der Waals surface area contributed by atoms with Crippen LogP contribution in [0.25, 0.3) is 0 Å². The number of hydrogen-bond acceptors (Lipinski definition) is 1. The molecule has 0 atom stereocenters. The number of rotatable bonds is 3. The van der Waals surface area contributed by atoms with Gasteiger partial charge in [0, 0.05) is 11.5 Å². The van der Waals surface area contributed by atoms with Gasteiger partial charge in [0.25, 0.3) is 0 Å². The van der Waals surface area contributed by atoms with E-state index in [1.54, 1.807) is 0 Å². The van der Waals surface area contributed by atoms with Gasteiger partial charge in [-0.1, -0.05) is 38.5 Å². The second-order valence-electron chi connectivity index (χ2n) is 4.77. The average Bonchev–Trinajstić information content (AvgIpc) is 2.15. The molecule has 0 unspecified atom stereocenters. The Bertz CT molecular complexity index is 361. The normalized spacial score (nSPS) is 16.5. The molecule has 0 bridgehead atoms. The lowest BCUT2D eigenvalue weighted by Gasteiger charge is -2.24. The van der Waals surface area contributed by atoms with Gasteiger partial charge in [-0.15, -0.1) is 0 Å². The number of carbonyl (C=O) groups is 1. The quantitative estimate of drug-likeness (QED) is 0.681. The number of hydrogen-bond donors (Lipinski definition) is 0. The maximum atomic E-state index is 12.0. The zero-order valence-corrected chi connectivity index (χ0v) is 9.49. The summed E-state index contributed by atoms with van der Waals surface area (Å²) in [6, 6.07) is 8.11. The smallest absolute Gasteiger partial charge is 0.165 e. The summed E-state index contributed by atoms with van der Waals surface area (Å²) < 4.78 is 0. The van der Waals surface area contributed by atoms with Crippen molar-refractivity contribution < 1.29 is 4.79 Å². The first-order valence-electron chi connectivity index (χ1n) is 5.82. The molecule has 1 saturated carbocycles. The summed E-state index contributed by atoms with van der Waals surface area (Å²) in [5.41, 5.74) is 2.17. The van der Waals surface area contributed by atoms with Crippen LogP contribution in [0.3, 0.4) is 0 Å². The highest BCUT2D eigenvalue weighted by molar-refractivity contribution is 5.98. The Labute approximate surface area is 91.5 Å². The molecule has 1 aliphatic rings. The molecule has 1 fully saturated rings. The lowest BCUT2D eigenvalue weighted by atomic mass is 9.79. The van der Waals surface area contributed by atoms with Crippen LogP contribution in [0, 0.1) is 5.92 Å². The predicted octanol–water partition coefficient (Wildman–Crippen LogP) is 3.79. The monoisotopic (exact) mass is 202 g/mol. The van der Waals surface area contributed by atoms with Gasteiger partial charge >= 0.3 is 0 Å². The molecule has 1 nitrogen and oxygen atoms in total. The van der Waals surface area contributed by atoms with Crippen LogP contribution in [0.15, 0.2) is 24.3 Å². The summed E-state index contributed by atoms with van der Waals surface area (Å²) in [5, 5.41) is 0. The van der Waals surface area contributed by atoms with E-state index in [0.29, 0.717) is 17.6 Å². The average molecular weight is 202 g/mol. The van der Waals surface area contributed by atoms with E-state index in [9.17, 15) is 4.79 Å². The van der Waals surface area contributed by atoms with Gasteiger partial charge in [-0.05, 0) is 30.4 Å². The van der Waals surface area contributed by atoms with Gasteiger partial charge in [0.2, 0.25) is 0 Å². The molecule has 1 aromatic carbocycles. The molecule has 0 N–H and O–H groups in total.